The van der Waals surface area contributed by atoms with Gasteiger partial charge in [0.25, 0.3) is 0 Å². The van der Waals surface area contributed by atoms with E-state index in [1.807, 2.05) is 36.9 Å². The number of nitrogens with two attached hydrogens (primary N) is 1. The molecule has 0 unspecified atom stereocenters. The molecule has 1 aromatic carbocycles. The van der Waals surface area contributed by atoms with Crippen LogP contribution in [0.15, 0.2) is 30.3 Å². The average molecular weight is 260 g/mol. The third kappa shape index (κ3) is 2.16. The van der Waals surface area contributed by atoms with Gasteiger partial charge in [0, 0.05) is 13.1 Å². The molecular weight excluding hydrogens is 236 g/mol. The SMILES string of the molecule is CCN(CC)C(=O)[C@@]1(c2ccccc2)CC[C@H]1CN. The second kappa shape index (κ2) is 5.74. The number of carbonyl (C=O) groups excluding carboxylic acids is 1. The lowest BCUT2D eigenvalue weighted by Gasteiger charge is -2.50. The van der Waals surface area contributed by atoms with Crippen LogP contribution in [-0.4, -0.2) is 30.4 Å². The highest BCUT2D eigenvalue weighted by atomic mass is 16.2. The van der Waals surface area contributed by atoms with Crippen LogP contribution in [-0.2, 0) is 10.2 Å². The Hall–Kier alpha value is -1.35. The highest BCUT2D eigenvalue weighted by Gasteiger charge is 2.54. The number of hydrogen-bond donors (Lipinski definition) is 1. The molecule has 0 spiro atoms. The lowest BCUT2D eigenvalue weighted by Crippen LogP contribution is -2.58. The Bertz CT molecular complexity index is 426. The van der Waals surface area contributed by atoms with Gasteiger partial charge in [-0.25, -0.2) is 0 Å². The molecule has 19 heavy (non-hydrogen) atoms. The van der Waals surface area contributed by atoms with E-state index in [-0.39, 0.29) is 17.2 Å². The second-order valence-electron chi connectivity index (χ2n) is 5.29. The summed E-state index contributed by atoms with van der Waals surface area (Å²) in [7, 11) is 0. The molecule has 0 radical (unpaired) electrons. The van der Waals surface area contributed by atoms with Crippen LogP contribution in [0.2, 0.25) is 0 Å². The number of likely N-dealkylation sites (N-methyl/N-ethyl adjacent to an activating group) is 1. The maximum absolute atomic E-state index is 12.9. The van der Waals surface area contributed by atoms with Crippen molar-refractivity contribution in [2.75, 3.05) is 19.6 Å². The Labute approximate surface area is 115 Å². The molecule has 1 aliphatic rings. The highest BCUT2D eigenvalue weighted by molar-refractivity contribution is 5.90. The molecule has 0 aliphatic heterocycles. The summed E-state index contributed by atoms with van der Waals surface area (Å²) in [6.45, 7) is 6.19. The van der Waals surface area contributed by atoms with Gasteiger partial charge in [-0.2, -0.15) is 0 Å². The second-order valence-corrected chi connectivity index (χ2v) is 5.29. The molecule has 2 atom stereocenters. The van der Waals surface area contributed by atoms with Gasteiger partial charge in [0.1, 0.15) is 0 Å². The van der Waals surface area contributed by atoms with E-state index < -0.39 is 0 Å². The minimum absolute atomic E-state index is 0.255. The van der Waals surface area contributed by atoms with Crippen molar-refractivity contribution in [3.63, 3.8) is 0 Å². The van der Waals surface area contributed by atoms with Gasteiger partial charge in [0.15, 0.2) is 0 Å². The molecule has 3 nitrogen and oxygen atoms in total. The van der Waals surface area contributed by atoms with Gasteiger partial charge >= 0.3 is 0 Å². The van der Waals surface area contributed by atoms with E-state index in [0.29, 0.717) is 6.54 Å². The molecule has 1 fully saturated rings. The number of carbonyl (C=O) groups is 1. The molecule has 0 saturated heterocycles. The Balaban J connectivity index is 2.39. The summed E-state index contributed by atoms with van der Waals surface area (Å²) in [5, 5.41) is 0. The number of hydrogen-bond acceptors (Lipinski definition) is 2. The van der Waals surface area contributed by atoms with Crippen LogP contribution in [0.1, 0.15) is 32.3 Å². The highest BCUT2D eigenvalue weighted by Crippen LogP contribution is 2.49. The molecule has 1 aromatic rings. The molecular formula is C16H24N2O. The molecule has 1 saturated carbocycles. The topological polar surface area (TPSA) is 46.3 Å². The summed E-state index contributed by atoms with van der Waals surface area (Å²) in [5.41, 5.74) is 6.66. The van der Waals surface area contributed by atoms with Crippen molar-refractivity contribution in [1.29, 1.82) is 0 Å². The molecule has 2 rings (SSSR count). The minimum atomic E-state index is -0.373. The molecule has 0 bridgehead atoms. The van der Waals surface area contributed by atoms with Crippen LogP contribution in [0, 0.1) is 5.92 Å². The van der Waals surface area contributed by atoms with Crippen LogP contribution < -0.4 is 5.73 Å². The first-order valence-corrected chi connectivity index (χ1v) is 7.25. The first-order valence-electron chi connectivity index (χ1n) is 7.25. The zero-order chi connectivity index (χ0) is 13.9. The summed E-state index contributed by atoms with van der Waals surface area (Å²) in [6.07, 6.45) is 1.98. The zero-order valence-electron chi connectivity index (χ0n) is 11.9. The first-order chi connectivity index (χ1) is 9.20. The van der Waals surface area contributed by atoms with Crippen molar-refractivity contribution in [3.05, 3.63) is 35.9 Å². The summed E-state index contributed by atoms with van der Waals surface area (Å²) >= 11 is 0. The number of benzene rings is 1. The van der Waals surface area contributed by atoms with E-state index in [2.05, 4.69) is 12.1 Å². The number of rotatable bonds is 5. The Kier molecular flexibility index (Phi) is 4.25. The van der Waals surface area contributed by atoms with Crippen LogP contribution in [0.25, 0.3) is 0 Å². The van der Waals surface area contributed by atoms with Gasteiger partial charge < -0.3 is 10.6 Å². The average Bonchev–Trinajstić information content (AvgIpc) is 2.41. The fraction of sp³-hybridized carbons (Fsp3) is 0.562. The van der Waals surface area contributed by atoms with E-state index in [0.717, 1.165) is 31.5 Å². The predicted molar refractivity (Wildman–Crippen MR) is 77.8 cm³/mol. The predicted octanol–water partition coefficient (Wildman–Crippen LogP) is 2.16. The van der Waals surface area contributed by atoms with Gasteiger partial charge in [-0.3, -0.25) is 4.79 Å². The van der Waals surface area contributed by atoms with Crippen molar-refractivity contribution in [1.82, 2.24) is 4.90 Å². The van der Waals surface area contributed by atoms with Crippen molar-refractivity contribution < 1.29 is 4.79 Å². The maximum Gasteiger partial charge on any atom is 0.233 e. The summed E-state index contributed by atoms with van der Waals surface area (Å²) in [6, 6.07) is 10.2. The van der Waals surface area contributed by atoms with E-state index in [1.165, 1.54) is 0 Å². The van der Waals surface area contributed by atoms with Gasteiger partial charge in [-0.1, -0.05) is 30.3 Å². The fourth-order valence-corrected chi connectivity index (χ4v) is 3.27. The third-order valence-corrected chi connectivity index (χ3v) is 4.59. The smallest absolute Gasteiger partial charge is 0.233 e. The van der Waals surface area contributed by atoms with Crippen LogP contribution in [0.3, 0.4) is 0 Å². The standard InChI is InChI=1S/C16H24N2O/c1-3-18(4-2)15(19)16(11-10-14(16)12-17)13-8-6-5-7-9-13/h5-9,14H,3-4,10-12,17H2,1-2H3/t14-,16+/m0/s1. The van der Waals surface area contributed by atoms with Crippen LogP contribution in [0.5, 0.6) is 0 Å². The summed E-state index contributed by atoms with van der Waals surface area (Å²) in [5.74, 6) is 0.536. The van der Waals surface area contributed by atoms with E-state index in [1.54, 1.807) is 0 Å². The van der Waals surface area contributed by atoms with Gasteiger partial charge in [-0.05, 0) is 44.7 Å². The van der Waals surface area contributed by atoms with E-state index in [9.17, 15) is 4.79 Å². The van der Waals surface area contributed by atoms with Crippen molar-refractivity contribution >= 4 is 5.91 Å². The van der Waals surface area contributed by atoms with E-state index in [4.69, 9.17) is 5.73 Å². The molecule has 0 heterocycles. The van der Waals surface area contributed by atoms with Crippen LogP contribution in [0.4, 0.5) is 0 Å². The lowest BCUT2D eigenvalue weighted by molar-refractivity contribution is -0.144. The van der Waals surface area contributed by atoms with Gasteiger partial charge in [-0.15, -0.1) is 0 Å². The summed E-state index contributed by atoms with van der Waals surface area (Å²) in [4.78, 5) is 14.9. The first kappa shape index (κ1) is 14.1. The van der Waals surface area contributed by atoms with Gasteiger partial charge in [0.05, 0.1) is 5.41 Å². The molecule has 2 N–H and O–H groups in total. The van der Waals surface area contributed by atoms with E-state index >= 15 is 0 Å². The normalized spacial score (nSPS) is 25.7. The molecule has 0 aromatic heterocycles. The zero-order valence-corrected chi connectivity index (χ0v) is 11.9. The van der Waals surface area contributed by atoms with Gasteiger partial charge in [0.2, 0.25) is 5.91 Å². The van der Waals surface area contributed by atoms with Crippen molar-refractivity contribution in [2.24, 2.45) is 11.7 Å². The van der Waals surface area contributed by atoms with Crippen molar-refractivity contribution in [2.45, 2.75) is 32.1 Å². The molecule has 1 aliphatic carbocycles. The maximum atomic E-state index is 12.9. The Morgan fingerprint density at radius 2 is 1.95 bits per heavy atom. The fourth-order valence-electron chi connectivity index (χ4n) is 3.27. The van der Waals surface area contributed by atoms with Crippen molar-refractivity contribution in [3.8, 4) is 0 Å². The lowest BCUT2D eigenvalue weighted by atomic mass is 9.56. The number of amides is 1. The number of nitrogens with zero attached hydrogens (tertiary/aromatic N) is 1. The Morgan fingerprint density at radius 3 is 2.37 bits per heavy atom. The Morgan fingerprint density at radius 1 is 1.32 bits per heavy atom. The summed E-state index contributed by atoms with van der Waals surface area (Å²) < 4.78 is 0. The van der Waals surface area contributed by atoms with Crippen LogP contribution >= 0.6 is 0 Å². The quantitative estimate of drug-likeness (QED) is 0.882. The molecule has 104 valence electrons. The molecule has 3 heteroatoms. The third-order valence-electron chi connectivity index (χ3n) is 4.59. The minimum Gasteiger partial charge on any atom is -0.342 e. The molecule has 1 amide bonds. The largest absolute Gasteiger partial charge is 0.342 e. The monoisotopic (exact) mass is 260 g/mol.